The molecule has 0 fully saturated rings. The molecule has 1 aliphatic rings. The molecule has 0 atom stereocenters. The van der Waals surface area contributed by atoms with Crippen LogP contribution in [0, 0.1) is 0 Å². The molecule has 0 saturated heterocycles. The average molecular weight is 312 g/mol. The SMILES string of the molecule is O=C1c2ccccc2C(=O)N1CCCCSc1cccnc1. The fourth-order valence-electron chi connectivity index (χ4n) is 2.44. The van der Waals surface area contributed by atoms with E-state index in [2.05, 4.69) is 4.98 Å². The van der Waals surface area contributed by atoms with E-state index in [1.807, 2.05) is 18.3 Å². The van der Waals surface area contributed by atoms with Gasteiger partial charge in [0.05, 0.1) is 11.1 Å². The van der Waals surface area contributed by atoms with E-state index in [4.69, 9.17) is 0 Å². The van der Waals surface area contributed by atoms with Gasteiger partial charge in [-0.1, -0.05) is 12.1 Å². The minimum absolute atomic E-state index is 0.166. The highest BCUT2D eigenvalue weighted by Gasteiger charge is 2.34. The van der Waals surface area contributed by atoms with Gasteiger partial charge < -0.3 is 0 Å². The summed E-state index contributed by atoms with van der Waals surface area (Å²) in [6, 6.07) is 11.0. The van der Waals surface area contributed by atoms with Crippen molar-refractivity contribution < 1.29 is 9.59 Å². The second-order valence-electron chi connectivity index (χ2n) is 5.05. The molecule has 5 heteroatoms. The number of pyridine rings is 1. The van der Waals surface area contributed by atoms with Gasteiger partial charge in [0.15, 0.2) is 0 Å². The van der Waals surface area contributed by atoms with Crippen molar-refractivity contribution in [2.75, 3.05) is 12.3 Å². The number of hydrogen-bond acceptors (Lipinski definition) is 4. The minimum atomic E-state index is -0.166. The number of rotatable bonds is 6. The zero-order valence-corrected chi connectivity index (χ0v) is 12.9. The Morgan fingerprint density at radius 2 is 1.68 bits per heavy atom. The monoisotopic (exact) mass is 312 g/mol. The number of carbonyl (C=O) groups is 2. The minimum Gasteiger partial charge on any atom is -0.274 e. The second-order valence-corrected chi connectivity index (χ2v) is 6.22. The Morgan fingerprint density at radius 3 is 2.32 bits per heavy atom. The Labute approximate surface area is 133 Å². The van der Waals surface area contributed by atoms with Crippen molar-refractivity contribution in [1.82, 2.24) is 9.88 Å². The molecule has 1 aromatic heterocycles. The lowest BCUT2D eigenvalue weighted by Crippen LogP contribution is -2.30. The molecule has 112 valence electrons. The van der Waals surface area contributed by atoms with Gasteiger partial charge in [0.2, 0.25) is 0 Å². The van der Waals surface area contributed by atoms with Gasteiger partial charge in [-0.05, 0) is 42.9 Å². The molecular weight excluding hydrogens is 296 g/mol. The third-order valence-electron chi connectivity index (χ3n) is 3.56. The molecule has 1 aliphatic heterocycles. The van der Waals surface area contributed by atoms with Crippen LogP contribution in [0.4, 0.5) is 0 Å². The maximum Gasteiger partial charge on any atom is 0.261 e. The van der Waals surface area contributed by atoms with Crippen molar-refractivity contribution in [3.05, 3.63) is 59.9 Å². The largest absolute Gasteiger partial charge is 0.274 e. The summed E-state index contributed by atoms with van der Waals surface area (Å²) in [7, 11) is 0. The molecule has 0 bridgehead atoms. The van der Waals surface area contributed by atoms with Crippen LogP contribution >= 0.6 is 11.8 Å². The normalized spacial score (nSPS) is 13.5. The Hall–Kier alpha value is -2.14. The zero-order chi connectivity index (χ0) is 15.4. The van der Waals surface area contributed by atoms with E-state index in [-0.39, 0.29) is 11.8 Å². The second kappa shape index (κ2) is 6.75. The van der Waals surface area contributed by atoms with E-state index < -0.39 is 0 Å². The third kappa shape index (κ3) is 3.04. The van der Waals surface area contributed by atoms with E-state index in [9.17, 15) is 9.59 Å². The molecule has 0 saturated carbocycles. The fraction of sp³-hybridized carbons (Fsp3) is 0.235. The first-order valence-corrected chi connectivity index (χ1v) is 8.24. The molecule has 3 rings (SSSR count). The number of carbonyl (C=O) groups excluding carboxylic acids is 2. The van der Waals surface area contributed by atoms with E-state index in [1.165, 1.54) is 4.90 Å². The van der Waals surface area contributed by atoms with Crippen LogP contribution in [-0.2, 0) is 0 Å². The summed E-state index contributed by atoms with van der Waals surface area (Å²) in [6.45, 7) is 0.486. The standard InChI is InChI=1S/C17H16N2O2S/c20-16-14-7-1-2-8-15(14)17(21)19(16)10-3-4-11-22-13-6-5-9-18-12-13/h1-2,5-9,12H,3-4,10-11H2. The highest BCUT2D eigenvalue weighted by molar-refractivity contribution is 7.99. The predicted octanol–water partition coefficient (Wildman–Crippen LogP) is 3.25. The average Bonchev–Trinajstić information content (AvgIpc) is 2.81. The van der Waals surface area contributed by atoms with Crippen LogP contribution in [0.5, 0.6) is 0 Å². The molecule has 1 aromatic carbocycles. The van der Waals surface area contributed by atoms with Gasteiger partial charge in [0, 0.05) is 23.8 Å². The summed E-state index contributed by atoms with van der Waals surface area (Å²) in [4.78, 5) is 30.9. The number of benzene rings is 1. The van der Waals surface area contributed by atoms with E-state index >= 15 is 0 Å². The van der Waals surface area contributed by atoms with Crippen LogP contribution in [0.15, 0.2) is 53.7 Å². The topological polar surface area (TPSA) is 50.3 Å². The molecule has 0 radical (unpaired) electrons. The van der Waals surface area contributed by atoms with Crippen LogP contribution in [0.2, 0.25) is 0 Å². The van der Waals surface area contributed by atoms with Crippen LogP contribution in [0.25, 0.3) is 0 Å². The van der Waals surface area contributed by atoms with Crippen LogP contribution in [-0.4, -0.2) is 34.0 Å². The number of nitrogens with zero attached hydrogens (tertiary/aromatic N) is 2. The molecular formula is C17H16N2O2S. The van der Waals surface area contributed by atoms with Gasteiger partial charge in [0.25, 0.3) is 11.8 Å². The molecule has 0 unspecified atom stereocenters. The van der Waals surface area contributed by atoms with Crippen LogP contribution in [0.3, 0.4) is 0 Å². The molecule has 2 heterocycles. The molecule has 4 nitrogen and oxygen atoms in total. The van der Waals surface area contributed by atoms with Crippen molar-refractivity contribution in [2.24, 2.45) is 0 Å². The van der Waals surface area contributed by atoms with E-state index in [1.54, 1.807) is 42.2 Å². The number of fused-ring (bicyclic) bond motifs is 1. The van der Waals surface area contributed by atoms with Gasteiger partial charge in [-0.3, -0.25) is 19.5 Å². The van der Waals surface area contributed by atoms with Crippen molar-refractivity contribution in [3.8, 4) is 0 Å². The van der Waals surface area contributed by atoms with Gasteiger partial charge in [-0.15, -0.1) is 11.8 Å². The molecule has 0 N–H and O–H groups in total. The van der Waals surface area contributed by atoms with E-state index in [0.717, 1.165) is 23.5 Å². The maximum atomic E-state index is 12.2. The first-order chi connectivity index (χ1) is 10.8. The number of imide groups is 1. The van der Waals surface area contributed by atoms with E-state index in [0.29, 0.717) is 17.7 Å². The van der Waals surface area contributed by atoms with Crippen molar-refractivity contribution in [3.63, 3.8) is 0 Å². The number of amides is 2. The Kier molecular flexibility index (Phi) is 4.53. The smallest absolute Gasteiger partial charge is 0.261 e. The number of hydrogen-bond donors (Lipinski definition) is 0. The summed E-state index contributed by atoms with van der Waals surface area (Å²) >= 11 is 1.74. The summed E-state index contributed by atoms with van der Waals surface area (Å²) in [5.41, 5.74) is 1.05. The first-order valence-electron chi connectivity index (χ1n) is 7.25. The summed E-state index contributed by atoms with van der Waals surface area (Å²) in [6.07, 6.45) is 5.37. The number of unbranched alkanes of at least 4 members (excludes halogenated alkanes) is 1. The van der Waals surface area contributed by atoms with Gasteiger partial charge in [-0.2, -0.15) is 0 Å². The van der Waals surface area contributed by atoms with Gasteiger partial charge >= 0.3 is 0 Å². The highest BCUT2D eigenvalue weighted by Crippen LogP contribution is 2.23. The van der Waals surface area contributed by atoms with Crippen molar-refractivity contribution in [1.29, 1.82) is 0 Å². The Morgan fingerprint density at radius 1 is 0.955 bits per heavy atom. The summed E-state index contributed by atoms with van der Waals surface area (Å²) < 4.78 is 0. The lowest BCUT2D eigenvalue weighted by atomic mass is 10.1. The fourth-order valence-corrected chi connectivity index (χ4v) is 3.33. The third-order valence-corrected chi connectivity index (χ3v) is 4.62. The predicted molar refractivity (Wildman–Crippen MR) is 86.0 cm³/mol. The highest BCUT2D eigenvalue weighted by atomic mass is 32.2. The zero-order valence-electron chi connectivity index (χ0n) is 12.1. The summed E-state index contributed by atoms with van der Waals surface area (Å²) in [5, 5.41) is 0. The van der Waals surface area contributed by atoms with Crippen LogP contribution < -0.4 is 0 Å². The van der Waals surface area contributed by atoms with Gasteiger partial charge in [0.1, 0.15) is 0 Å². The van der Waals surface area contributed by atoms with Crippen molar-refractivity contribution in [2.45, 2.75) is 17.7 Å². The maximum absolute atomic E-state index is 12.2. The number of thioether (sulfide) groups is 1. The quantitative estimate of drug-likeness (QED) is 0.467. The molecule has 2 amide bonds. The Bertz CT molecular complexity index is 653. The van der Waals surface area contributed by atoms with Gasteiger partial charge in [-0.25, -0.2) is 0 Å². The number of aromatic nitrogens is 1. The molecule has 2 aromatic rings. The molecule has 0 spiro atoms. The van der Waals surface area contributed by atoms with Crippen LogP contribution in [0.1, 0.15) is 33.6 Å². The molecule has 0 aliphatic carbocycles. The first kappa shape index (κ1) is 14.8. The summed E-state index contributed by atoms with van der Waals surface area (Å²) in [5.74, 6) is 0.621. The molecule has 22 heavy (non-hydrogen) atoms. The lowest BCUT2D eigenvalue weighted by molar-refractivity contribution is 0.0652. The van der Waals surface area contributed by atoms with Crippen molar-refractivity contribution >= 4 is 23.6 Å². The lowest BCUT2D eigenvalue weighted by Gasteiger charge is -2.13. The Balaban J connectivity index is 1.47.